The maximum absolute atomic E-state index is 13.4. The van der Waals surface area contributed by atoms with Gasteiger partial charge >= 0.3 is 6.18 Å². The highest BCUT2D eigenvalue weighted by molar-refractivity contribution is 6.34. The first kappa shape index (κ1) is 19.4. The predicted octanol–water partition coefficient (Wildman–Crippen LogP) is 3.58. The zero-order chi connectivity index (χ0) is 19.6. The fraction of sp³-hybridized carbons (Fsp3) is 0.125. The molecule has 0 bridgehead atoms. The van der Waals surface area contributed by atoms with Gasteiger partial charge in [-0.05, 0) is 29.3 Å². The molecule has 2 N–H and O–H groups in total. The SMILES string of the molecule is NC(=O)c1cccc(-c2ccc(C(=O)C[N+](=O)[O-])c(Cl)c2)c1C(F)(F)F. The highest BCUT2D eigenvalue weighted by Crippen LogP contribution is 2.40. The summed E-state index contributed by atoms with van der Waals surface area (Å²) in [6, 6.07) is 6.63. The summed E-state index contributed by atoms with van der Waals surface area (Å²) in [5, 5.41) is 10.2. The van der Waals surface area contributed by atoms with Gasteiger partial charge in [0.1, 0.15) is 0 Å². The lowest BCUT2D eigenvalue weighted by Gasteiger charge is -2.16. The molecule has 0 radical (unpaired) electrons. The molecule has 2 aromatic rings. The van der Waals surface area contributed by atoms with Crippen molar-refractivity contribution in [3.63, 3.8) is 0 Å². The largest absolute Gasteiger partial charge is 0.417 e. The van der Waals surface area contributed by atoms with E-state index in [0.29, 0.717) is 0 Å². The highest BCUT2D eigenvalue weighted by atomic mass is 35.5. The minimum Gasteiger partial charge on any atom is -0.366 e. The third-order valence-corrected chi connectivity index (χ3v) is 3.78. The number of rotatable bonds is 5. The summed E-state index contributed by atoms with van der Waals surface area (Å²) < 4.78 is 40.3. The number of nitrogens with zero attached hydrogens (tertiary/aromatic N) is 1. The van der Waals surface area contributed by atoms with Gasteiger partial charge in [0.05, 0.1) is 16.1 Å². The molecule has 0 heterocycles. The van der Waals surface area contributed by atoms with Crippen LogP contribution in [-0.2, 0) is 6.18 Å². The number of carbonyl (C=O) groups is 2. The van der Waals surface area contributed by atoms with Gasteiger partial charge in [0.2, 0.25) is 11.7 Å². The van der Waals surface area contributed by atoms with E-state index in [1.54, 1.807) is 0 Å². The van der Waals surface area contributed by atoms with Crippen molar-refractivity contribution in [2.75, 3.05) is 6.54 Å². The number of hydrogen-bond acceptors (Lipinski definition) is 4. The van der Waals surface area contributed by atoms with E-state index in [1.165, 1.54) is 6.07 Å². The predicted molar refractivity (Wildman–Crippen MR) is 86.6 cm³/mol. The molecule has 0 aliphatic heterocycles. The van der Waals surface area contributed by atoms with Crippen LogP contribution in [0.5, 0.6) is 0 Å². The molecule has 0 saturated heterocycles. The molecular weight excluding hydrogens is 377 g/mol. The average molecular weight is 387 g/mol. The molecule has 0 aliphatic rings. The quantitative estimate of drug-likeness (QED) is 0.481. The second-order valence-corrected chi connectivity index (χ2v) is 5.61. The van der Waals surface area contributed by atoms with Crippen molar-refractivity contribution >= 4 is 23.3 Å². The Hall–Kier alpha value is -2.94. The summed E-state index contributed by atoms with van der Waals surface area (Å²) in [7, 11) is 0. The summed E-state index contributed by atoms with van der Waals surface area (Å²) in [5.41, 5.74) is 2.52. The Bertz CT molecular complexity index is 913. The number of primary amides is 1. The van der Waals surface area contributed by atoms with Gasteiger partial charge in [-0.2, -0.15) is 13.2 Å². The van der Waals surface area contributed by atoms with Crippen molar-refractivity contribution in [3.05, 3.63) is 68.2 Å². The van der Waals surface area contributed by atoms with E-state index in [2.05, 4.69) is 0 Å². The zero-order valence-corrected chi connectivity index (χ0v) is 13.6. The van der Waals surface area contributed by atoms with E-state index in [-0.39, 0.29) is 21.7 Å². The minimum atomic E-state index is -4.87. The van der Waals surface area contributed by atoms with E-state index in [1.807, 2.05) is 0 Å². The number of ketones is 1. The van der Waals surface area contributed by atoms with Gasteiger partial charge in [0.25, 0.3) is 6.54 Å². The van der Waals surface area contributed by atoms with Gasteiger partial charge in [0.15, 0.2) is 0 Å². The number of alkyl halides is 3. The molecule has 0 spiro atoms. The van der Waals surface area contributed by atoms with Crippen molar-refractivity contribution in [2.45, 2.75) is 6.18 Å². The molecule has 10 heteroatoms. The molecule has 136 valence electrons. The molecule has 0 aromatic heterocycles. The lowest BCUT2D eigenvalue weighted by Crippen LogP contribution is -2.19. The maximum Gasteiger partial charge on any atom is 0.417 e. The second-order valence-electron chi connectivity index (χ2n) is 5.20. The molecule has 0 fully saturated rings. The Kier molecular flexibility index (Phi) is 5.31. The Morgan fingerprint density at radius 3 is 2.31 bits per heavy atom. The molecule has 2 aromatic carbocycles. The first-order valence-electron chi connectivity index (χ1n) is 6.97. The Morgan fingerprint density at radius 2 is 1.81 bits per heavy atom. The Labute approximate surface area is 149 Å². The summed E-state index contributed by atoms with van der Waals surface area (Å²) in [6.07, 6.45) is -4.87. The Balaban J connectivity index is 2.61. The molecule has 0 saturated carbocycles. The number of carbonyl (C=O) groups excluding carboxylic acids is 2. The number of nitrogens with two attached hydrogens (primary N) is 1. The number of Topliss-reactive ketones (excluding diaryl/α,β-unsaturated/α-hetero) is 1. The normalized spacial score (nSPS) is 11.2. The molecule has 6 nitrogen and oxygen atoms in total. The summed E-state index contributed by atoms with van der Waals surface area (Å²) >= 11 is 5.91. The van der Waals surface area contributed by atoms with Crippen LogP contribution in [0.15, 0.2) is 36.4 Å². The lowest BCUT2D eigenvalue weighted by molar-refractivity contribution is -0.465. The number of benzene rings is 2. The summed E-state index contributed by atoms with van der Waals surface area (Å²) in [5.74, 6) is -2.13. The molecule has 2 rings (SSSR count). The van der Waals surface area contributed by atoms with Gasteiger partial charge in [-0.1, -0.05) is 29.8 Å². The van der Waals surface area contributed by atoms with E-state index < -0.39 is 40.5 Å². The summed E-state index contributed by atoms with van der Waals surface area (Å²) in [6.45, 7) is -0.996. The van der Waals surface area contributed by atoms with Gasteiger partial charge in [0, 0.05) is 10.5 Å². The number of halogens is 4. The fourth-order valence-electron chi connectivity index (χ4n) is 2.41. The monoisotopic (exact) mass is 386 g/mol. The standard InChI is InChI=1S/C16H10ClF3N2O4/c17-12-6-8(4-5-10(12)13(23)7-22(25)26)9-2-1-3-11(15(21)24)14(9)16(18,19)20/h1-6H,7H2,(H2,21,24). The molecular formula is C16H10ClF3N2O4. The van der Waals surface area contributed by atoms with Crippen LogP contribution in [0.25, 0.3) is 11.1 Å². The summed E-state index contributed by atoms with van der Waals surface area (Å²) in [4.78, 5) is 32.6. The number of hydrogen-bond donors (Lipinski definition) is 1. The van der Waals surface area contributed by atoms with E-state index in [9.17, 15) is 32.9 Å². The Morgan fingerprint density at radius 1 is 1.15 bits per heavy atom. The van der Waals surface area contributed by atoms with Gasteiger partial charge in [-0.3, -0.25) is 19.7 Å². The smallest absolute Gasteiger partial charge is 0.366 e. The van der Waals surface area contributed by atoms with Gasteiger partial charge < -0.3 is 5.73 Å². The minimum absolute atomic E-state index is 0.0249. The number of amides is 1. The van der Waals surface area contributed by atoms with E-state index >= 15 is 0 Å². The third-order valence-electron chi connectivity index (χ3n) is 3.47. The number of nitro groups is 1. The van der Waals surface area contributed by atoms with Crippen LogP contribution in [-0.4, -0.2) is 23.2 Å². The van der Waals surface area contributed by atoms with Crippen molar-refractivity contribution in [2.24, 2.45) is 5.73 Å². The van der Waals surface area contributed by atoms with Gasteiger partial charge in [-0.25, -0.2) is 0 Å². The van der Waals surface area contributed by atoms with Crippen LogP contribution in [0.3, 0.4) is 0 Å². The third kappa shape index (κ3) is 3.99. The van der Waals surface area contributed by atoms with Crippen molar-refractivity contribution < 1.29 is 27.7 Å². The van der Waals surface area contributed by atoms with Crippen LogP contribution < -0.4 is 5.73 Å². The fourth-order valence-corrected chi connectivity index (χ4v) is 2.70. The van der Waals surface area contributed by atoms with Crippen LogP contribution in [0.4, 0.5) is 13.2 Å². The van der Waals surface area contributed by atoms with E-state index in [4.69, 9.17) is 17.3 Å². The first-order chi connectivity index (χ1) is 12.0. The topological polar surface area (TPSA) is 103 Å². The van der Waals surface area contributed by atoms with Crippen molar-refractivity contribution in [3.8, 4) is 11.1 Å². The molecule has 1 amide bonds. The molecule has 0 atom stereocenters. The highest BCUT2D eigenvalue weighted by Gasteiger charge is 2.37. The van der Waals surface area contributed by atoms with Crippen molar-refractivity contribution in [1.29, 1.82) is 0 Å². The molecule has 26 heavy (non-hydrogen) atoms. The molecule has 0 unspecified atom stereocenters. The van der Waals surface area contributed by atoms with Crippen LogP contribution in [0.2, 0.25) is 5.02 Å². The average Bonchev–Trinajstić information content (AvgIpc) is 2.52. The van der Waals surface area contributed by atoms with Crippen LogP contribution in [0.1, 0.15) is 26.3 Å². The van der Waals surface area contributed by atoms with Gasteiger partial charge in [-0.15, -0.1) is 0 Å². The first-order valence-corrected chi connectivity index (χ1v) is 7.35. The second kappa shape index (κ2) is 7.12. The lowest BCUT2D eigenvalue weighted by atomic mass is 9.93. The maximum atomic E-state index is 13.4. The molecule has 0 aliphatic carbocycles. The van der Waals surface area contributed by atoms with Crippen LogP contribution in [0, 0.1) is 10.1 Å². The van der Waals surface area contributed by atoms with E-state index in [0.717, 1.165) is 30.3 Å². The van der Waals surface area contributed by atoms with Crippen LogP contribution >= 0.6 is 11.6 Å². The zero-order valence-electron chi connectivity index (χ0n) is 12.8. The van der Waals surface area contributed by atoms with Crippen molar-refractivity contribution in [1.82, 2.24) is 0 Å².